The van der Waals surface area contributed by atoms with Crippen molar-refractivity contribution in [1.29, 1.82) is 0 Å². The first-order valence-corrected chi connectivity index (χ1v) is 7.57. The van der Waals surface area contributed by atoms with Crippen LogP contribution in [0.2, 0.25) is 0 Å². The van der Waals surface area contributed by atoms with Crippen LogP contribution in [-0.2, 0) is 4.74 Å². The first-order valence-electron chi connectivity index (χ1n) is 7.57. The molecule has 0 radical (unpaired) electrons. The molecule has 1 aliphatic heterocycles. The van der Waals surface area contributed by atoms with Crippen molar-refractivity contribution in [3.05, 3.63) is 0 Å². The summed E-state index contributed by atoms with van der Waals surface area (Å²) >= 11 is 0. The van der Waals surface area contributed by atoms with E-state index in [0.29, 0.717) is 0 Å². The molecule has 1 saturated carbocycles. The highest BCUT2D eigenvalue weighted by molar-refractivity contribution is 4.80. The minimum absolute atomic E-state index is 0.791. The van der Waals surface area contributed by atoms with E-state index in [2.05, 4.69) is 19.2 Å². The third-order valence-corrected chi connectivity index (χ3v) is 4.69. The van der Waals surface area contributed by atoms with Crippen molar-refractivity contribution in [2.75, 3.05) is 19.8 Å². The van der Waals surface area contributed by atoms with Gasteiger partial charge in [-0.25, -0.2) is 0 Å². The summed E-state index contributed by atoms with van der Waals surface area (Å²) in [4.78, 5) is 0. The van der Waals surface area contributed by atoms with Crippen molar-refractivity contribution in [3.63, 3.8) is 0 Å². The topological polar surface area (TPSA) is 21.3 Å². The number of nitrogens with one attached hydrogen (secondary N) is 1. The minimum Gasteiger partial charge on any atom is -0.381 e. The molecule has 0 aromatic carbocycles. The molecule has 0 aromatic rings. The van der Waals surface area contributed by atoms with E-state index in [4.69, 9.17) is 4.74 Å². The summed E-state index contributed by atoms with van der Waals surface area (Å²) < 4.78 is 5.41. The standard InChI is InChI=1S/C15H29NO/c1-12(2)14-4-3-5-15(10-14)16-11-13-6-8-17-9-7-13/h12-16H,3-11H2,1-2H3. The van der Waals surface area contributed by atoms with Crippen molar-refractivity contribution in [2.24, 2.45) is 17.8 Å². The van der Waals surface area contributed by atoms with Crippen molar-refractivity contribution >= 4 is 0 Å². The van der Waals surface area contributed by atoms with Crippen LogP contribution in [-0.4, -0.2) is 25.8 Å². The smallest absolute Gasteiger partial charge is 0.0469 e. The molecular formula is C15H29NO. The molecule has 100 valence electrons. The maximum absolute atomic E-state index is 5.41. The lowest BCUT2D eigenvalue weighted by Crippen LogP contribution is -2.39. The molecule has 1 aliphatic carbocycles. The summed E-state index contributed by atoms with van der Waals surface area (Å²) in [5.41, 5.74) is 0. The van der Waals surface area contributed by atoms with Gasteiger partial charge in [-0.1, -0.05) is 26.7 Å². The quantitative estimate of drug-likeness (QED) is 0.813. The van der Waals surface area contributed by atoms with Crippen molar-refractivity contribution in [1.82, 2.24) is 5.32 Å². The highest BCUT2D eigenvalue weighted by atomic mass is 16.5. The average molecular weight is 239 g/mol. The Labute approximate surface area is 107 Å². The molecule has 2 fully saturated rings. The van der Waals surface area contributed by atoms with Gasteiger partial charge in [0.05, 0.1) is 0 Å². The summed E-state index contributed by atoms with van der Waals surface area (Å²) in [6.45, 7) is 7.94. The maximum Gasteiger partial charge on any atom is 0.0469 e. The third-order valence-electron chi connectivity index (χ3n) is 4.69. The van der Waals surface area contributed by atoms with Crippen LogP contribution in [0.3, 0.4) is 0 Å². The zero-order chi connectivity index (χ0) is 12.1. The summed E-state index contributed by atoms with van der Waals surface area (Å²) in [6, 6.07) is 0.791. The Morgan fingerprint density at radius 1 is 1.12 bits per heavy atom. The van der Waals surface area contributed by atoms with Gasteiger partial charge < -0.3 is 10.1 Å². The van der Waals surface area contributed by atoms with E-state index in [1.807, 2.05) is 0 Å². The zero-order valence-corrected chi connectivity index (χ0v) is 11.6. The normalized spacial score (nSPS) is 31.9. The monoisotopic (exact) mass is 239 g/mol. The third kappa shape index (κ3) is 4.26. The van der Waals surface area contributed by atoms with Crippen molar-refractivity contribution < 1.29 is 4.74 Å². The Morgan fingerprint density at radius 3 is 2.59 bits per heavy atom. The zero-order valence-electron chi connectivity index (χ0n) is 11.6. The van der Waals surface area contributed by atoms with Crippen molar-refractivity contribution in [3.8, 4) is 0 Å². The second kappa shape index (κ2) is 6.75. The Morgan fingerprint density at radius 2 is 1.88 bits per heavy atom. The van der Waals surface area contributed by atoms with Crippen molar-refractivity contribution in [2.45, 2.75) is 58.4 Å². The summed E-state index contributed by atoms with van der Waals surface area (Å²) in [5.74, 6) is 2.68. The van der Waals surface area contributed by atoms with E-state index in [0.717, 1.165) is 37.0 Å². The lowest BCUT2D eigenvalue weighted by molar-refractivity contribution is 0.0643. The van der Waals surface area contributed by atoms with Crippen LogP contribution < -0.4 is 5.32 Å². The Bertz CT molecular complexity index is 211. The van der Waals surface area contributed by atoms with Crippen LogP contribution in [0.15, 0.2) is 0 Å². The first kappa shape index (κ1) is 13.4. The average Bonchev–Trinajstić information content (AvgIpc) is 2.38. The highest BCUT2D eigenvalue weighted by Crippen LogP contribution is 2.30. The Balaban J connectivity index is 1.67. The molecule has 0 aromatic heterocycles. The molecule has 0 amide bonds. The van der Waals surface area contributed by atoms with E-state index >= 15 is 0 Å². The molecule has 1 N–H and O–H groups in total. The van der Waals surface area contributed by atoms with Crippen LogP contribution in [0, 0.1) is 17.8 Å². The summed E-state index contributed by atoms with van der Waals surface area (Å²) in [5, 5.41) is 3.82. The molecule has 2 rings (SSSR count). The predicted molar refractivity (Wildman–Crippen MR) is 72.1 cm³/mol. The lowest BCUT2D eigenvalue weighted by atomic mass is 9.79. The number of hydrogen-bond acceptors (Lipinski definition) is 2. The minimum atomic E-state index is 0.791. The number of ether oxygens (including phenoxy) is 1. The lowest BCUT2D eigenvalue weighted by Gasteiger charge is -2.33. The fourth-order valence-electron chi connectivity index (χ4n) is 3.30. The molecule has 1 saturated heterocycles. The molecule has 2 heteroatoms. The van der Waals surface area contributed by atoms with Gasteiger partial charge in [-0.05, 0) is 50.0 Å². The van der Waals surface area contributed by atoms with Gasteiger partial charge in [0.15, 0.2) is 0 Å². The van der Waals surface area contributed by atoms with Gasteiger partial charge in [0.2, 0.25) is 0 Å². The fourth-order valence-corrected chi connectivity index (χ4v) is 3.30. The molecule has 2 nitrogen and oxygen atoms in total. The largest absolute Gasteiger partial charge is 0.381 e. The first-order chi connectivity index (χ1) is 8.25. The van der Waals surface area contributed by atoms with E-state index in [1.54, 1.807) is 0 Å². The fraction of sp³-hybridized carbons (Fsp3) is 1.00. The van der Waals surface area contributed by atoms with E-state index < -0.39 is 0 Å². The molecule has 2 aliphatic rings. The SMILES string of the molecule is CC(C)C1CCCC(NCC2CCOCC2)C1. The van der Waals surface area contributed by atoms with Crippen LogP contribution in [0.4, 0.5) is 0 Å². The van der Waals surface area contributed by atoms with E-state index in [1.165, 1.54) is 45.1 Å². The molecule has 0 bridgehead atoms. The number of hydrogen-bond donors (Lipinski definition) is 1. The summed E-state index contributed by atoms with van der Waals surface area (Å²) in [7, 11) is 0. The molecular weight excluding hydrogens is 210 g/mol. The van der Waals surface area contributed by atoms with Crippen LogP contribution in [0.5, 0.6) is 0 Å². The van der Waals surface area contributed by atoms with Gasteiger partial charge in [0.1, 0.15) is 0 Å². The Hall–Kier alpha value is -0.0800. The van der Waals surface area contributed by atoms with Crippen LogP contribution in [0.1, 0.15) is 52.4 Å². The van der Waals surface area contributed by atoms with Gasteiger partial charge in [-0.2, -0.15) is 0 Å². The molecule has 17 heavy (non-hydrogen) atoms. The summed E-state index contributed by atoms with van der Waals surface area (Å²) in [6.07, 6.45) is 8.19. The maximum atomic E-state index is 5.41. The second-order valence-corrected chi connectivity index (χ2v) is 6.33. The molecule has 2 atom stereocenters. The second-order valence-electron chi connectivity index (χ2n) is 6.33. The van der Waals surface area contributed by atoms with Gasteiger partial charge >= 0.3 is 0 Å². The molecule has 1 heterocycles. The van der Waals surface area contributed by atoms with Gasteiger partial charge in [0.25, 0.3) is 0 Å². The van der Waals surface area contributed by atoms with E-state index in [-0.39, 0.29) is 0 Å². The predicted octanol–water partition coefficient (Wildman–Crippen LogP) is 3.22. The molecule has 2 unspecified atom stereocenters. The highest BCUT2D eigenvalue weighted by Gasteiger charge is 2.24. The van der Waals surface area contributed by atoms with Gasteiger partial charge in [-0.15, -0.1) is 0 Å². The van der Waals surface area contributed by atoms with Crippen LogP contribution in [0.25, 0.3) is 0 Å². The number of rotatable bonds is 4. The molecule has 0 spiro atoms. The van der Waals surface area contributed by atoms with Gasteiger partial charge in [-0.3, -0.25) is 0 Å². The van der Waals surface area contributed by atoms with Crippen LogP contribution >= 0.6 is 0 Å². The van der Waals surface area contributed by atoms with Gasteiger partial charge in [0, 0.05) is 19.3 Å². The Kier molecular flexibility index (Phi) is 5.30. The van der Waals surface area contributed by atoms with E-state index in [9.17, 15) is 0 Å².